The fourth-order valence-corrected chi connectivity index (χ4v) is 3.61. The van der Waals surface area contributed by atoms with Crippen LogP contribution < -0.4 is 10.6 Å². The third kappa shape index (κ3) is 6.71. The summed E-state index contributed by atoms with van der Waals surface area (Å²) in [6.45, 7) is 6.33. The number of amides is 2. The first kappa shape index (κ1) is 21.0. The van der Waals surface area contributed by atoms with Crippen molar-refractivity contribution in [2.24, 2.45) is 5.92 Å². The van der Waals surface area contributed by atoms with Crippen LogP contribution in [0.2, 0.25) is 0 Å². The molecule has 1 atom stereocenters. The zero-order chi connectivity index (χ0) is 20.5. The molecular weight excluding hydrogens is 368 g/mol. The normalized spacial score (nSPS) is 17.1. The smallest absolute Gasteiger partial charge is 0.273 e. The molecule has 0 aliphatic carbocycles. The number of nitrogens with zero attached hydrogens (tertiary/aromatic N) is 2. The summed E-state index contributed by atoms with van der Waals surface area (Å²) >= 11 is 0. The molecule has 0 spiro atoms. The highest BCUT2D eigenvalue weighted by molar-refractivity contribution is 5.95. The van der Waals surface area contributed by atoms with Crippen LogP contribution in [0.15, 0.2) is 40.9 Å². The molecule has 1 unspecified atom stereocenters. The van der Waals surface area contributed by atoms with Crippen molar-refractivity contribution in [1.29, 1.82) is 0 Å². The molecule has 0 saturated carbocycles. The maximum absolute atomic E-state index is 12.2. The molecule has 29 heavy (non-hydrogen) atoms. The third-order valence-electron chi connectivity index (χ3n) is 5.18. The minimum absolute atomic E-state index is 0.0734. The average molecular weight is 399 g/mol. The van der Waals surface area contributed by atoms with Crippen molar-refractivity contribution >= 4 is 11.8 Å². The lowest BCUT2D eigenvalue weighted by atomic mass is 10.0. The molecule has 2 N–H and O–H groups in total. The number of carbonyl (C=O) groups excluding carboxylic acids is 2. The van der Waals surface area contributed by atoms with Gasteiger partial charge in [0.1, 0.15) is 0 Å². The SMILES string of the molecule is CC1CCCN(CCCCNC(=O)CNC(=O)c2cc(-c3ccccc3)on2)C1. The van der Waals surface area contributed by atoms with Crippen LogP contribution >= 0.6 is 0 Å². The van der Waals surface area contributed by atoms with E-state index in [1.54, 1.807) is 6.07 Å². The van der Waals surface area contributed by atoms with E-state index in [0.717, 1.165) is 30.9 Å². The van der Waals surface area contributed by atoms with Gasteiger partial charge in [-0.15, -0.1) is 0 Å². The molecule has 1 saturated heterocycles. The van der Waals surface area contributed by atoms with E-state index in [2.05, 4.69) is 27.6 Å². The Bertz CT molecular complexity index is 790. The molecule has 2 aromatic rings. The number of nitrogens with one attached hydrogen (secondary N) is 2. The molecule has 1 aromatic carbocycles. The minimum Gasteiger partial charge on any atom is -0.355 e. The number of hydrogen-bond acceptors (Lipinski definition) is 5. The molecule has 156 valence electrons. The molecule has 7 nitrogen and oxygen atoms in total. The highest BCUT2D eigenvalue weighted by Crippen LogP contribution is 2.19. The topological polar surface area (TPSA) is 87.5 Å². The number of aromatic nitrogens is 1. The van der Waals surface area contributed by atoms with Crippen LogP contribution in [-0.2, 0) is 4.79 Å². The number of carbonyl (C=O) groups is 2. The van der Waals surface area contributed by atoms with Crippen molar-refractivity contribution in [3.8, 4) is 11.3 Å². The quantitative estimate of drug-likeness (QED) is 0.634. The van der Waals surface area contributed by atoms with E-state index < -0.39 is 5.91 Å². The van der Waals surface area contributed by atoms with Gasteiger partial charge in [0, 0.05) is 24.7 Å². The Kier molecular flexibility index (Phi) is 7.81. The predicted octanol–water partition coefficient (Wildman–Crippen LogP) is 2.70. The Morgan fingerprint density at radius 3 is 2.83 bits per heavy atom. The first-order valence-electron chi connectivity index (χ1n) is 10.4. The third-order valence-corrected chi connectivity index (χ3v) is 5.18. The number of hydrogen-bond donors (Lipinski definition) is 2. The number of unbranched alkanes of at least 4 members (excludes halogenated alkanes) is 1. The summed E-state index contributed by atoms with van der Waals surface area (Å²) in [6, 6.07) is 11.0. The monoisotopic (exact) mass is 398 g/mol. The Morgan fingerprint density at radius 2 is 2.03 bits per heavy atom. The van der Waals surface area contributed by atoms with Crippen LogP contribution in [-0.4, -0.2) is 54.6 Å². The molecular formula is C22H30N4O3. The maximum atomic E-state index is 12.2. The van der Waals surface area contributed by atoms with E-state index >= 15 is 0 Å². The summed E-state index contributed by atoms with van der Waals surface area (Å²) in [7, 11) is 0. The van der Waals surface area contributed by atoms with Crippen LogP contribution in [0.1, 0.15) is 43.1 Å². The van der Waals surface area contributed by atoms with Crippen LogP contribution in [0.4, 0.5) is 0 Å². The average Bonchev–Trinajstić information content (AvgIpc) is 3.23. The Morgan fingerprint density at radius 1 is 1.21 bits per heavy atom. The van der Waals surface area contributed by atoms with E-state index in [-0.39, 0.29) is 18.1 Å². The number of rotatable bonds is 9. The van der Waals surface area contributed by atoms with Gasteiger partial charge in [0.05, 0.1) is 6.54 Å². The summed E-state index contributed by atoms with van der Waals surface area (Å²) in [4.78, 5) is 26.6. The van der Waals surface area contributed by atoms with Crippen molar-refractivity contribution < 1.29 is 14.1 Å². The van der Waals surface area contributed by atoms with Gasteiger partial charge < -0.3 is 20.1 Å². The fourth-order valence-electron chi connectivity index (χ4n) is 3.61. The van der Waals surface area contributed by atoms with Crippen molar-refractivity contribution in [1.82, 2.24) is 20.7 Å². The summed E-state index contributed by atoms with van der Waals surface area (Å²) in [5.41, 5.74) is 1.00. The van der Waals surface area contributed by atoms with E-state index in [0.29, 0.717) is 12.3 Å². The molecule has 1 aliphatic rings. The standard InChI is InChI=1S/C22H30N4O3/c1-17-8-7-13-26(16-17)12-6-5-11-23-21(27)15-24-22(28)19-14-20(29-25-19)18-9-3-2-4-10-18/h2-4,9-10,14,17H,5-8,11-13,15-16H2,1H3,(H,23,27)(H,24,28). The van der Waals surface area contributed by atoms with Gasteiger partial charge in [-0.3, -0.25) is 9.59 Å². The summed E-state index contributed by atoms with van der Waals surface area (Å²) in [5, 5.41) is 9.21. The Hall–Kier alpha value is -2.67. The van der Waals surface area contributed by atoms with E-state index in [1.165, 1.54) is 25.9 Å². The molecule has 7 heteroatoms. The second-order valence-electron chi connectivity index (χ2n) is 7.73. The molecule has 1 aromatic heterocycles. The predicted molar refractivity (Wildman–Crippen MR) is 111 cm³/mol. The summed E-state index contributed by atoms with van der Waals surface area (Å²) in [6.07, 6.45) is 4.63. The molecule has 1 aliphatic heterocycles. The van der Waals surface area contributed by atoms with E-state index in [9.17, 15) is 9.59 Å². The van der Waals surface area contributed by atoms with Gasteiger partial charge >= 0.3 is 0 Å². The molecule has 3 rings (SSSR count). The zero-order valence-electron chi connectivity index (χ0n) is 17.0. The number of likely N-dealkylation sites (tertiary alicyclic amines) is 1. The Labute approximate surface area is 171 Å². The van der Waals surface area contributed by atoms with Crippen molar-refractivity contribution in [3.05, 3.63) is 42.1 Å². The van der Waals surface area contributed by atoms with Gasteiger partial charge in [-0.2, -0.15) is 0 Å². The van der Waals surface area contributed by atoms with E-state index in [4.69, 9.17) is 4.52 Å². The first-order chi connectivity index (χ1) is 14.1. The second-order valence-corrected chi connectivity index (χ2v) is 7.73. The number of benzene rings is 1. The molecule has 0 bridgehead atoms. The maximum Gasteiger partial charge on any atom is 0.273 e. The van der Waals surface area contributed by atoms with Crippen LogP contribution in [0.25, 0.3) is 11.3 Å². The highest BCUT2D eigenvalue weighted by Gasteiger charge is 2.16. The van der Waals surface area contributed by atoms with Crippen molar-refractivity contribution in [3.63, 3.8) is 0 Å². The molecule has 2 heterocycles. The van der Waals surface area contributed by atoms with Crippen LogP contribution in [0.3, 0.4) is 0 Å². The van der Waals surface area contributed by atoms with E-state index in [1.807, 2.05) is 30.3 Å². The molecule has 2 amide bonds. The Balaban J connectivity index is 1.30. The molecule has 0 radical (unpaired) electrons. The first-order valence-corrected chi connectivity index (χ1v) is 10.4. The minimum atomic E-state index is -0.426. The largest absolute Gasteiger partial charge is 0.355 e. The van der Waals surface area contributed by atoms with Gasteiger partial charge in [0.2, 0.25) is 5.91 Å². The fraction of sp³-hybridized carbons (Fsp3) is 0.500. The van der Waals surface area contributed by atoms with Crippen molar-refractivity contribution in [2.45, 2.75) is 32.6 Å². The van der Waals surface area contributed by atoms with Gasteiger partial charge in [-0.1, -0.05) is 42.4 Å². The van der Waals surface area contributed by atoms with Gasteiger partial charge in [0.15, 0.2) is 11.5 Å². The summed E-state index contributed by atoms with van der Waals surface area (Å²) < 4.78 is 5.21. The van der Waals surface area contributed by atoms with Gasteiger partial charge in [0.25, 0.3) is 5.91 Å². The summed E-state index contributed by atoms with van der Waals surface area (Å²) in [5.74, 6) is 0.686. The van der Waals surface area contributed by atoms with Gasteiger partial charge in [-0.05, 0) is 44.7 Å². The molecule has 1 fully saturated rings. The zero-order valence-corrected chi connectivity index (χ0v) is 17.0. The van der Waals surface area contributed by atoms with Crippen LogP contribution in [0, 0.1) is 5.92 Å². The lowest BCUT2D eigenvalue weighted by Crippen LogP contribution is -2.38. The number of piperidine rings is 1. The highest BCUT2D eigenvalue weighted by atomic mass is 16.5. The van der Waals surface area contributed by atoms with Crippen LogP contribution in [0.5, 0.6) is 0 Å². The second kappa shape index (κ2) is 10.8. The van der Waals surface area contributed by atoms with Crippen molar-refractivity contribution in [2.75, 3.05) is 32.7 Å². The lowest BCUT2D eigenvalue weighted by molar-refractivity contribution is -0.120. The van der Waals surface area contributed by atoms with Gasteiger partial charge in [-0.25, -0.2) is 0 Å². The lowest BCUT2D eigenvalue weighted by Gasteiger charge is -2.30.